The fourth-order valence-electron chi connectivity index (χ4n) is 1.56. The van der Waals surface area contributed by atoms with Gasteiger partial charge < -0.3 is 9.88 Å². The van der Waals surface area contributed by atoms with Gasteiger partial charge in [0.2, 0.25) is 0 Å². The lowest BCUT2D eigenvalue weighted by molar-refractivity contribution is 0.0956. The molecule has 0 atom stereocenters. The average Bonchev–Trinajstić information content (AvgIpc) is 2.90. The van der Waals surface area contributed by atoms with Crippen molar-refractivity contribution in [3.8, 4) is 5.69 Å². The number of aromatic nitrogens is 1. The van der Waals surface area contributed by atoms with Crippen LogP contribution in [0.4, 0.5) is 0 Å². The first-order chi connectivity index (χ1) is 8.31. The maximum atomic E-state index is 11.6. The van der Waals surface area contributed by atoms with Gasteiger partial charge in [0.1, 0.15) is 0 Å². The molecule has 1 amide bonds. The van der Waals surface area contributed by atoms with E-state index in [1.54, 1.807) is 0 Å². The molecule has 4 heteroatoms. The van der Waals surface area contributed by atoms with Crippen LogP contribution in [0, 0.1) is 0 Å². The third kappa shape index (κ3) is 2.91. The Bertz CT molecular complexity index is 477. The number of nitrogens with zero attached hydrogens (tertiary/aromatic N) is 1. The standard InChI is InChI=1S/C13H14N2OS/c16-13(14-7-10-17)11-3-5-12(6-4-11)15-8-1-2-9-15/h1-6,8-9,17H,7,10H2,(H,14,16). The summed E-state index contributed by atoms with van der Waals surface area (Å²) in [6.07, 6.45) is 3.94. The van der Waals surface area contributed by atoms with E-state index in [0.29, 0.717) is 17.9 Å². The van der Waals surface area contributed by atoms with Crippen LogP contribution in [0.5, 0.6) is 0 Å². The lowest BCUT2D eigenvalue weighted by Crippen LogP contribution is -2.25. The molecule has 0 saturated carbocycles. The molecule has 0 saturated heterocycles. The van der Waals surface area contributed by atoms with Crippen molar-refractivity contribution in [2.45, 2.75) is 0 Å². The predicted molar refractivity (Wildman–Crippen MR) is 72.0 cm³/mol. The smallest absolute Gasteiger partial charge is 0.251 e. The van der Waals surface area contributed by atoms with Crippen LogP contribution in [0.3, 0.4) is 0 Å². The topological polar surface area (TPSA) is 34.0 Å². The van der Waals surface area contributed by atoms with Gasteiger partial charge in [0.05, 0.1) is 0 Å². The van der Waals surface area contributed by atoms with Crippen LogP contribution in [0.15, 0.2) is 48.8 Å². The quantitative estimate of drug-likeness (QED) is 0.796. The van der Waals surface area contributed by atoms with Crippen molar-refractivity contribution in [2.24, 2.45) is 0 Å². The normalized spacial score (nSPS) is 10.2. The Hall–Kier alpha value is -1.68. The number of nitrogens with one attached hydrogen (secondary N) is 1. The maximum absolute atomic E-state index is 11.6. The van der Waals surface area contributed by atoms with E-state index >= 15 is 0 Å². The predicted octanol–water partition coefficient (Wildman–Crippen LogP) is 2.14. The third-order valence-electron chi connectivity index (χ3n) is 2.43. The van der Waals surface area contributed by atoms with E-state index in [2.05, 4.69) is 17.9 Å². The minimum atomic E-state index is -0.0573. The Morgan fingerprint density at radius 2 is 1.82 bits per heavy atom. The highest BCUT2D eigenvalue weighted by Gasteiger charge is 2.04. The molecule has 1 heterocycles. The molecule has 88 valence electrons. The summed E-state index contributed by atoms with van der Waals surface area (Å²) in [5.74, 6) is 0.589. The van der Waals surface area contributed by atoms with Gasteiger partial charge in [-0.1, -0.05) is 0 Å². The van der Waals surface area contributed by atoms with Crippen LogP contribution in [0.25, 0.3) is 5.69 Å². The van der Waals surface area contributed by atoms with Gasteiger partial charge in [-0.25, -0.2) is 0 Å². The molecule has 2 rings (SSSR count). The monoisotopic (exact) mass is 246 g/mol. The number of carbonyl (C=O) groups is 1. The van der Waals surface area contributed by atoms with Crippen molar-refractivity contribution < 1.29 is 4.79 Å². The zero-order chi connectivity index (χ0) is 12.1. The van der Waals surface area contributed by atoms with Gasteiger partial charge in [-0.3, -0.25) is 4.79 Å². The summed E-state index contributed by atoms with van der Waals surface area (Å²) in [6.45, 7) is 0.585. The summed E-state index contributed by atoms with van der Waals surface area (Å²) >= 11 is 4.05. The third-order valence-corrected chi connectivity index (χ3v) is 2.65. The van der Waals surface area contributed by atoms with E-state index in [-0.39, 0.29) is 5.91 Å². The van der Waals surface area contributed by atoms with Crippen molar-refractivity contribution in [1.82, 2.24) is 9.88 Å². The van der Waals surface area contributed by atoms with Crippen LogP contribution >= 0.6 is 12.6 Å². The largest absolute Gasteiger partial charge is 0.351 e. The van der Waals surface area contributed by atoms with Crippen LogP contribution < -0.4 is 5.32 Å². The molecule has 0 spiro atoms. The van der Waals surface area contributed by atoms with E-state index < -0.39 is 0 Å². The van der Waals surface area contributed by atoms with E-state index in [1.165, 1.54) is 0 Å². The highest BCUT2D eigenvalue weighted by molar-refractivity contribution is 7.80. The Kier molecular flexibility index (Phi) is 3.88. The summed E-state index contributed by atoms with van der Waals surface area (Å²) < 4.78 is 2.00. The average molecular weight is 246 g/mol. The molecule has 17 heavy (non-hydrogen) atoms. The molecule has 3 nitrogen and oxygen atoms in total. The van der Waals surface area contributed by atoms with Gasteiger partial charge in [0.25, 0.3) is 5.91 Å². The van der Waals surface area contributed by atoms with Crippen molar-refractivity contribution in [2.75, 3.05) is 12.3 Å². The first-order valence-electron chi connectivity index (χ1n) is 5.44. The van der Waals surface area contributed by atoms with E-state index in [0.717, 1.165) is 5.69 Å². The fraction of sp³-hybridized carbons (Fsp3) is 0.154. The van der Waals surface area contributed by atoms with Gasteiger partial charge in [-0.05, 0) is 36.4 Å². The molecule has 0 aliphatic heterocycles. The van der Waals surface area contributed by atoms with Crippen LogP contribution in [-0.4, -0.2) is 22.8 Å². The molecule has 1 N–H and O–H groups in total. The molecule has 2 aromatic rings. The minimum absolute atomic E-state index is 0.0573. The first-order valence-corrected chi connectivity index (χ1v) is 6.07. The number of benzene rings is 1. The molecule has 0 radical (unpaired) electrons. The number of rotatable bonds is 4. The van der Waals surface area contributed by atoms with Crippen molar-refractivity contribution in [1.29, 1.82) is 0 Å². The van der Waals surface area contributed by atoms with Gasteiger partial charge in [-0.2, -0.15) is 12.6 Å². The summed E-state index contributed by atoms with van der Waals surface area (Å²) in [5.41, 5.74) is 1.71. The Morgan fingerprint density at radius 1 is 1.18 bits per heavy atom. The van der Waals surface area contributed by atoms with E-state index in [9.17, 15) is 4.79 Å². The molecule has 0 aliphatic carbocycles. The summed E-state index contributed by atoms with van der Waals surface area (Å²) in [5, 5.41) is 2.78. The lowest BCUT2D eigenvalue weighted by Gasteiger charge is -2.05. The van der Waals surface area contributed by atoms with Crippen LogP contribution in [0.2, 0.25) is 0 Å². The van der Waals surface area contributed by atoms with E-state index in [1.807, 2.05) is 53.4 Å². The molecule has 1 aromatic heterocycles. The second-order valence-corrected chi connectivity index (χ2v) is 4.06. The summed E-state index contributed by atoms with van der Waals surface area (Å²) in [7, 11) is 0. The van der Waals surface area contributed by atoms with Gasteiger partial charge in [-0.15, -0.1) is 0 Å². The second-order valence-electron chi connectivity index (χ2n) is 3.62. The second kappa shape index (κ2) is 5.59. The Balaban J connectivity index is 2.10. The molecule has 0 bridgehead atoms. The number of hydrogen-bond acceptors (Lipinski definition) is 2. The zero-order valence-electron chi connectivity index (χ0n) is 9.34. The molecule has 0 unspecified atom stereocenters. The lowest BCUT2D eigenvalue weighted by atomic mass is 10.2. The molecule has 0 aliphatic rings. The van der Waals surface area contributed by atoms with Crippen LogP contribution in [0.1, 0.15) is 10.4 Å². The van der Waals surface area contributed by atoms with Gasteiger partial charge in [0.15, 0.2) is 0 Å². The first kappa shape index (κ1) is 11.8. The summed E-state index contributed by atoms with van der Waals surface area (Å²) in [6, 6.07) is 11.4. The molecular weight excluding hydrogens is 232 g/mol. The van der Waals surface area contributed by atoms with E-state index in [4.69, 9.17) is 0 Å². The molecular formula is C13H14N2OS. The van der Waals surface area contributed by atoms with Gasteiger partial charge >= 0.3 is 0 Å². The SMILES string of the molecule is O=C(NCCS)c1ccc(-n2cccc2)cc1. The number of thiol groups is 1. The van der Waals surface area contributed by atoms with Crippen molar-refractivity contribution >= 4 is 18.5 Å². The van der Waals surface area contributed by atoms with Crippen molar-refractivity contribution in [3.63, 3.8) is 0 Å². The molecule has 0 fully saturated rings. The van der Waals surface area contributed by atoms with Gasteiger partial charge in [0, 0.05) is 35.9 Å². The Labute approximate surface area is 106 Å². The molecule has 1 aromatic carbocycles. The highest BCUT2D eigenvalue weighted by Crippen LogP contribution is 2.09. The highest BCUT2D eigenvalue weighted by atomic mass is 32.1. The minimum Gasteiger partial charge on any atom is -0.351 e. The fourth-order valence-corrected chi connectivity index (χ4v) is 1.67. The van der Waals surface area contributed by atoms with Crippen molar-refractivity contribution in [3.05, 3.63) is 54.4 Å². The number of amides is 1. The number of carbonyl (C=O) groups excluding carboxylic acids is 1. The van der Waals surface area contributed by atoms with Crippen LogP contribution in [-0.2, 0) is 0 Å². The Morgan fingerprint density at radius 3 is 2.41 bits per heavy atom. The zero-order valence-corrected chi connectivity index (χ0v) is 10.2. The maximum Gasteiger partial charge on any atom is 0.251 e. The number of hydrogen-bond donors (Lipinski definition) is 2. The summed E-state index contributed by atoms with van der Waals surface area (Å²) in [4.78, 5) is 11.6.